The van der Waals surface area contributed by atoms with Gasteiger partial charge in [0.25, 0.3) is 10.0 Å². The number of hydrogen-bond acceptors (Lipinski definition) is 4. The zero-order valence-corrected chi connectivity index (χ0v) is 12.7. The van der Waals surface area contributed by atoms with Crippen LogP contribution in [0.15, 0.2) is 23.4 Å². The molecule has 106 valence electrons. The van der Waals surface area contributed by atoms with Crippen LogP contribution in [0.1, 0.15) is 12.5 Å². The van der Waals surface area contributed by atoms with Crippen LogP contribution in [0.5, 0.6) is 0 Å². The molecular formula is C12H18ClN3O2S. The van der Waals surface area contributed by atoms with Crippen LogP contribution in [-0.4, -0.2) is 55.3 Å². The molecule has 0 bridgehead atoms. The lowest BCUT2D eigenvalue weighted by molar-refractivity contribution is 0.170. The van der Waals surface area contributed by atoms with Crippen molar-refractivity contribution in [2.75, 3.05) is 26.7 Å². The lowest BCUT2D eigenvalue weighted by Gasteiger charge is -2.36. The second kappa shape index (κ2) is 5.75. The molecule has 0 saturated carbocycles. The van der Waals surface area contributed by atoms with E-state index in [0.29, 0.717) is 12.4 Å². The molecule has 19 heavy (non-hydrogen) atoms. The van der Waals surface area contributed by atoms with Crippen LogP contribution in [0, 0.1) is 0 Å². The fraction of sp³-hybridized carbons (Fsp3) is 0.583. The van der Waals surface area contributed by atoms with Crippen molar-refractivity contribution in [2.45, 2.75) is 23.9 Å². The first-order chi connectivity index (χ1) is 8.95. The summed E-state index contributed by atoms with van der Waals surface area (Å²) in [5, 5.41) is 0.0952. The van der Waals surface area contributed by atoms with Crippen molar-refractivity contribution >= 4 is 21.6 Å². The van der Waals surface area contributed by atoms with Gasteiger partial charge in [0.15, 0.2) is 5.03 Å². The fourth-order valence-corrected chi connectivity index (χ4v) is 3.93. The molecule has 1 aliphatic rings. The Balaban J connectivity index is 2.26. The molecule has 0 amide bonds. The number of aromatic nitrogens is 1. The summed E-state index contributed by atoms with van der Waals surface area (Å²) in [6.07, 6.45) is 1.51. The highest BCUT2D eigenvalue weighted by atomic mass is 35.5. The Hall–Kier alpha value is -0.690. The molecule has 2 rings (SSSR count). The Labute approximate surface area is 119 Å². The molecule has 1 aliphatic heterocycles. The summed E-state index contributed by atoms with van der Waals surface area (Å²) < 4.78 is 26.6. The van der Waals surface area contributed by atoms with E-state index in [1.54, 1.807) is 6.07 Å². The number of rotatable bonds is 3. The van der Waals surface area contributed by atoms with Gasteiger partial charge in [-0.1, -0.05) is 6.07 Å². The first-order valence-electron chi connectivity index (χ1n) is 6.16. The smallest absolute Gasteiger partial charge is 0.260 e. The predicted octanol–water partition coefficient (Wildman–Crippen LogP) is 1.14. The minimum Gasteiger partial charge on any atom is -0.303 e. The third-order valence-corrected chi connectivity index (χ3v) is 5.53. The van der Waals surface area contributed by atoms with Crippen LogP contribution in [0.2, 0.25) is 0 Å². The van der Waals surface area contributed by atoms with Gasteiger partial charge in [0.2, 0.25) is 0 Å². The molecule has 0 radical (unpaired) electrons. The summed E-state index contributed by atoms with van der Waals surface area (Å²) >= 11 is 5.68. The third kappa shape index (κ3) is 3.08. The van der Waals surface area contributed by atoms with Crippen LogP contribution >= 0.6 is 11.6 Å². The topological polar surface area (TPSA) is 53.5 Å². The molecule has 0 aromatic carbocycles. The van der Waals surface area contributed by atoms with Crippen LogP contribution in [0.25, 0.3) is 0 Å². The fourth-order valence-electron chi connectivity index (χ4n) is 2.24. The first kappa shape index (κ1) is 14.7. The largest absolute Gasteiger partial charge is 0.303 e. The number of sulfonamides is 1. The molecule has 1 saturated heterocycles. The van der Waals surface area contributed by atoms with Crippen LogP contribution in [0.4, 0.5) is 0 Å². The molecule has 1 atom stereocenters. The number of pyridine rings is 1. The Bertz CT molecular complexity index is 532. The monoisotopic (exact) mass is 303 g/mol. The average molecular weight is 304 g/mol. The standard InChI is InChI=1S/C12H18ClN3O2S/c1-10-9-15(2)5-6-16(10)19(17,18)12-4-3-11(7-13)8-14-12/h3-4,8,10H,5-7,9H2,1-2H3. The number of nitrogens with zero attached hydrogens (tertiary/aromatic N) is 3. The van der Waals surface area contributed by atoms with Gasteiger partial charge >= 0.3 is 0 Å². The first-order valence-corrected chi connectivity index (χ1v) is 8.14. The van der Waals surface area contributed by atoms with Crippen molar-refractivity contribution < 1.29 is 8.42 Å². The molecule has 1 aromatic rings. The summed E-state index contributed by atoms with van der Waals surface area (Å²) in [7, 11) is -1.51. The maximum absolute atomic E-state index is 12.5. The second-order valence-corrected chi connectivity index (χ2v) is 6.97. The quantitative estimate of drug-likeness (QED) is 0.786. The molecule has 1 fully saturated rings. The van der Waals surface area contributed by atoms with Gasteiger partial charge in [0.05, 0.1) is 0 Å². The Kier molecular flexibility index (Phi) is 4.45. The lowest BCUT2D eigenvalue weighted by atomic mass is 10.2. The average Bonchev–Trinajstić information content (AvgIpc) is 2.38. The zero-order chi connectivity index (χ0) is 14.0. The van der Waals surface area contributed by atoms with Gasteiger partial charge in [0, 0.05) is 37.8 Å². The van der Waals surface area contributed by atoms with Crippen molar-refractivity contribution in [3.8, 4) is 0 Å². The van der Waals surface area contributed by atoms with Crippen molar-refractivity contribution in [2.24, 2.45) is 0 Å². The maximum Gasteiger partial charge on any atom is 0.260 e. The van der Waals surface area contributed by atoms with Crippen LogP contribution in [-0.2, 0) is 15.9 Å². The predicted molar refractivity (Wildman–Crippen MR) is 74.6 cm³/mol. The number of piperazine rings is 1. The Morgan fingerprint density at radius 2 is 2.16 bits per heavy atom. The van der Waals surface area contributed by atoms with Gasteiger partial charge in [-0.15, -0.1) is 11.6 Å². The number of alkyl halides is 1. The van der Waals surface area contributed by atoms with E-state index >= 15 is 0 Å². The van der Waals surface area contributed by atoms with Gasteiger partial charge < -0.3 is 4.90 Å². The molecule has 0 N–H and O–H groups in total. The van der Waals surface area contributed by atoms with E-state index in [1.807, 2.05) is 14.0 Å². The van der Waals surface area contributed by atoms with Crippen molar-refractivity contribution in [1.82, 2.24) is 14.2 Å². The normalized spacial score (nSPS) is 22.6. The maximum atomic E-state index is 12.5. The molecular weight excluding hydrogens is 286 g/mol. The SMILES string of the molecule is CC1CN(C)CCN1S(=O)(=O)c1ccc(CCl)cn1. The molecule has 1 aromatic heterocycles. The number of halogens is 1. The van der Waals surface area contributed by atoms with Crippen LogP contribution in [0.3, 0.4) is 0 Å². The van der Waals surface area contributed by atoms with E-state index in [2.05, 4.69) is 9.88 Å². The molecule has 5 nitrogen and oxygen atoms in total. The zero-order valence-electron chi connectivity index (χ0n) is 11.1. The summed E-state index contributed by atoms with van der Waals surface area (Å²) in [6.45, 7) is 3.89. The van der Waals surface area contributed by atoms with Gasteiger partial charge in [-0.3, -0.25) is 0 Å². The number of hydrogen-bond donors (Lipinski definition) is 0. The van der Waals surface area contributed by atoms with Crippen molar-refractivity contribution in [3.63, 3.8) is 0 Å². The highest BCUT2D eigenvalue weighted by Gasteiger charge is 2.33. The number of likely N-dealkylation sites (N-methyl/N-ethyl adjacent to an activating group) is 1. The second-order valence-electron chi connectivity index (χ2n) is 4.87. The van der Waals surface area contributed by atoms with E-state index in [9.17, 15) is 8.42 Å². The summed E-state index contributed by atoms with van der Waals surface area (Å²) in [4.78, 5) is 6.15. The van der Waals surface area contributed by atoms with Gasteiger partial charge in [0.1, 0.15) is 0 Å². The molecule has 1 unspecified atom stereocenters. The lowest BCUT2D eigenvalue weighted by Crippen LogP contribution is -2.52. The van der Waals surface area contributed by atoms with E-state index in [4.69, 9.17) is 11.6 Å². The van der Waals surface area contributed by atoms with E-state index in [-0.39, 0.29) is 11.1 Å². The highest BCUT2D eigenvalue weighted by molar-refractivity contribution is 7.89. The van der Waals surface area contributed by atoms with Gasteiger partial charge in [-0.25, -0.2) is 13.4 Å². The van der Waals surface area contributed by atoms with Crippen molar-refractivity contribution in [1.29, 1.82) is 0 Å². The minimum absolute atomic E-state index is 0.0433. The highest BCUT2D eigenvalue weighted by Crippen LogP contribution is 2.19. The van der Waals surface area contributed by atoms with Gasteiger partial charge in [-0.2, -0.15) is 4.31 Å². The third-order valence-electron chi connectivity index (χ3n) is 3.29. The molecule has 0 aliphatic carbocycles. The van der Waals surface area contributed by atoms with E-state index in [0.717, 1.165) is 18.7 Å². The summed E-state index contributed by atoms with van der Waals surface area (Å²) in [5.74, 6) is 0.332. The Morgan fingerprint density at radius 3 is 2.68 bits per heavy atom. The summed E-state index contributed by atoms with van der Waals surface area (Å²) in [5.41, 5.74) is 0.812. The minimum atomic E-state index is -3.51. The van der Waals surface area contributed by atoms with Gasteiger partial charge in [-0.05, 0) is 25.6 Å². The molecule has 0 spiro atoms. The summed E-state index contributed by atoms with van der Waals surface area (Å²) in [6, 6.07) is 3.18. The van der Waals surface area contributed by atoms with E-state index in [1.165, 1.54) is 16.6 Å². The van der Waals surface area contributed by atoms with E-state index < -0.39 is 10.0 Å². The van der Waals surface area contributed by atoms with Crippen molar-refractivity contribution in [3.05, 3.63) is 23.9 Å². The molecule has 2 heterocycles. The molecule has 7 heteroatoms. The Morgan fingerprint density at radius 1 is 1.42 bits per heavy atom. The van der Waals surface area contributed by atoms with Crippen LogP contribution < -0.4 is 0 Å².